The van der Waals surface area contributed by atoms with E-state index in [1.807, 2.05) is 40.7 Å². The highest BCUT2D eigenvalue weighted by Gasteiger charge is 2.43. The van der Waals surface area contributed by atoms with Crippen LogP contribution in [0.5, 0.6) is 0 Å². The number of likely N-dealkylation sites (tertiary alicyclic amines) is 1. The van der Waals surface area contributed by atoms with E-state index in [1.165, 1.54) is 32.1 Å². The van der Waals surface area contributed by atoms with Gasteiger partial charge in [-0.1, -0.05) is 43.0 Å². The highest BCUT2D eigenvalue weighted by molar-refractivity contribution is 6.30. The average Bonchev–Trinajstić information content (AvgIpc) is 3.50. The summed E-state index contributed by atoms with van der Waals surface area (Å²) >= 11 is 6.09. The van der Waals surface area contributed by atoms with Crippen LogP contribution in [0.25, 0.3) is 0 Å². The van der Waals surface area contributed by atoms with Gasteiger partial charge in [0, 0.05) is 57.0 Å². The first-order chi connectivity index (χ1) is 20.2. The lowest BCUT2D eigenvalue weighted by Crippen LogP contribution is -2.54. The van der Waals surface area contributed by atoms with Crippen LogP contribution in [0, 0.1) is 11.3 Å². The van der Waals surface area contributed by atoms with E-state index in [0.29, 0.717) is 43.4 Å². The molecule has 2 heterocycles. The van der Waals surface area contributed by atoms with E-state index in [2.05, 4.69) is 20.7 Å². The van der Waals surface area contributed by atoms with E-state index in [4.69, 9.17) is 11.6 Å². The lowest BCUT2D eigenvalue weighted by molar-refractivity contribution is -0.139. The number of carbonyl (C=O) groups excluding carboxylic acids is 3. The molecule has 2 aliphatic rings. The highest BCUT2D eigenvalue weighted by atomic mass is 35.5. The minimum atomic E-state index is -0.694. The van der Waals surface area contributed by atoms with Crippen LogP contribution in [0.1, 0.15) is 63.4 Å². The van der Waals surface area contributed by atoms with Gasteiger partial charge in [-0.2, -0.15) is 5.10 Å². The minimum Gasteiger partial charge on any atom is -0.356 e. The first-order valence-electron chi connectivity index (χ1n) is 15.3. The Morgan fingerprint density at radius 2 is 1.76 bits per heavy atom. The fourth-order valence-corrected chi connectivity index (χ4v) is 6.62. The summed E-state index contributed by atoms with van der Waals surface area (Å²) in [5, 5.41) is 10.8. The predicted molar refractivity (Wildman–Crippen MR) is 163 cm³/mol. The average molecular weight is 600 g/mol. The quantitative estimate of drug-likeness (QED) is 0.365. The predicted octanol–water partition coefficient (Wildman–Crippen LogP) is 3.31. The number of aromatic nitrogens is 3. The van der Waals surface area contributed by atoms with Gasteiger partial charge in [0.05, 0.1) is 0 Å². The maximum absolute atomic E-state index is 13.9. The van der Waals surface area contributed by atoms with Crippen molar-refractivity contribution in [2.24, 2.45) is 11.3 Å². The Bertz CT molecular complexity index is 1140. The largest absolute Gasteiger partial charge is 0.356 e. The number of piperidine rings is 1. The number of nitrogens with zero attached hydrogens (tertiary/aromatic N) is 5. The molecule has 0 bridgehead atoms. The minimum absolute atomic E-state index is 0.0636. The van der Waals surface area contributed by atoms with Crippen LogP contribution in [-0.4, -0.2) is 88.6 Å². The lowest BCUT2D eigenvalue weighted by Gasteiger charge is -2.48. The Labute approximate surface area is 254 Å². The van der Waals surface area contributed by atoms with Crippen LogP contribution in [0.3, 0.4) is 0 Å². The molecule has 0 unspecified atom stereocenters. The van der Waals surface area contributed by atoms with Gasteiger partial charge in [-0.05, 0) is 68.8 Å². The van der Waals surface area contributed by atoms with Gasteiger partial charge >= 0.3 is 0 Å². The Hall–Kier alpha value is -2.98. The van der Waals surface area contributed by atoms with Gasteiger partial charge in [-0.15, -0.1) is 0 Å². The number of hydrogen-bond acceptors (Lipinski definition) is 6. The monoisotopic (exact) mass is 599 g/mol. The second-order valence-corrected chi connectivity index (χ2v) is 12.7. The Balaban J connectivity index is 1.39. The summed E-state index contributed by atoms with van der Waals surface area (Å²) in [6.45, 7) is 3.01. The van der Waals surface area contributed by atoms with Crippen molar-refractivity contribution in [2.45, 2.75) is 76.8 Å². The van der Waals surface area contributed by atoms with Gasteiger partial charge in [-0.25, -0.2) is 4.98 Å². The molecule has 1 aromatic heterocycles. The van der Waals surface area contributed by atoms with Crippen molar-refractivity contribution >= 4 is 29.3 Å². The standard InChI is InChI=1S/C31H46ClN7O3/c1-37(2)17-13-28(40)34-16-12-29(41)36-27(20-24-8-10-26(32)11-9-24)30(42)38-18-14-31(15-19-38,21-39-23-33-22-35-39)25-6-4-3-5-7-25/h8-11,22-23,25,27H,3-7,12-21H2,1-2H3,(H,34,40)(H,36,41)/t27-/m1/s1. The molecule has 1 aliphatic carbocycles. The van der Waals surface area contributed by atoms with Gasteiger partial charge in [0.15, 0.2) is 0 Å². The van der Waals surface area contributed by atoms with E-state index >= 15 is 0 Å². The fourth-order valence-electron chi connectivity index (χ4n) is 6.49. The van der Waals surface area contributed by atoms with Crippen LogP contribution < -0.4 is 10.6 Å². The molecule has 2 N–H and O–H groups in total. The normalized spacial score (nSPS) is 18.0. The Kier molecular flexibility index (Phi) is 11.8. The summed E-state index contributed by atoms with van der Waals surface area (Å²) in [5.41, 5.74) is 1.01. The molecular weight excluding hydrogens is 554 g/mol. The Morgan fingerprint density at radius 1 is 1.05 bits per heavy atom. The molecule has 4 rings (SSSR count). The first kappa shape index (κ1) is 31.9. The van der Waals surface area contributed by atoms with Crippen molar-refractivity contribution in [3.63, 3.8) is 0 Å². The lowest BCUT2D eigenvalue weighted by atomic mass is 9.63. The number of nitrogens with one attached hydrogen (secondary N) is 2. The van der Waals surface area contributed by atoms with Crippen molar-refractivity contribution in [1.29, 1.82) is 0 Å². The van der Waals surface area contributed by atoms with Crippen LogP contribution in [0.4, 0.5) is 0 Å². The summed E-state index contributed by atoms with van der Waals surface area (Å²) in [4.78, 5) is 46.9. The number of hydrogen-bond donors (Lipinski definition) is 2. The molecule has 1 aromatic carbocycles. The van der Waals surface area contributed by atoms with E-state index in [1.54, 1.807) is 24.8 Å². The van der Waals surface area contributed by atoms with Crippen molar-refractivity contribution in [1.82, 2.24) is 35.2 Å². The molecule has 3 amide bonds. The number of rotatable bonds is 13. The molecule has 1 saturated heterocycles. The molecule has 0 radical (unpaired) electrons. The molecule has 1 saturated carbocycles. The molecule has 11 heteroatoms. The summed E-state index contributed by atoms with van der Waals surface area (Å²) in [7, 11) is 3.82. The van der Waals surface area contributed by atoms with Crippen molar-refractivity contribution < 1.29 is 14.4 Å². The number of benzene rings is 1. The van der Waals surface area contributed by atoms with E-state index in [0.717, 1.165) is 24.9 Å². The number of carbonyl (C=O) groups is 3. The third kappa shape index (κ3) is 9.26. The van der Waals surface area contributed by atoms with Gasteiger partial charge in [0.2, 0.25) is 17.7 Å². The van der Waals surface area contributed by atoms with Gasteiger partial charge < -0.3 is 20.4 Å². The smallest absolute Gasteiger partial charge is 0.245 e. The Morgan fingerprint density at radius 3 is 2.40 bits per heavy atom. The van der Waals surface area contributed by atoms with Crippen LogP contribution in [-0.2, 0) is 27.3 Å². The van der Waals surface area contributed by atoms with Crippen LogP contribution in [0.15, 0.2) is 36.9 Å². The maximum atomic E-state index is 13.9. The van der Waals surface area contributed by atoms with E-state index < -0.39 is 6.04 Å². The van der Waals surface area contributed by atoms with Crippen molar-refractivity contribution in [2.75, 3.05) is 40.3 Å². The van der Waals surface area contributed by atoms with Crippen molar-refractivity contribution in [3.8, 4) is 0 Å². The topological polar surface area (TPSA) is 112 Å². The van der Waals surface area contributed by atoms with Gasteiger partial charge in [0.25, 0.3) is 0 Å². The molecule has 230 valence electrons. The highest BCUT2D eigenvalue weighted by Crippen LogP contribution is 2.47. The van der Waals surface area contributed by atoms with E-state index in [9.17, 15) is 14.4 Å². The van der Waals surface area contributed by atoms with E-state index in [-0.39, 0.29) is 36.1 Å². The summed E-state index contributed by atoms with van der Waals surface area (Å²) in [5.74, 6) is 0.206. The molecular formula is C31H46ClN7O3. The number of amides is 3. The molecule has 42 heavy (non-hydrogen) atoms. The molecule has 0 spiro atoms. The third-order valence-electron chi connectivity index (χ3n) is 8.93. The summed E-state index contributed by atoms with van der Waals surface area (Å²) < 4.78 is 1.95. The molecule has 1 atom stereocenters. The zero-order chi connectivity index (χ0) is 30.0. The molecule has 2 fully saturated rings. The van der Waals surface area contributed by atoms with Gasteiger partial charge in [0.1, 0.15) is 18.7 Å². The second-order valence-electron chi connectivity index (χ2n) is 12.2. The SMILES string of the molecule is CN(C)CCC(=O)NCCC(=O)N[C@H](Cc1ccc(Cl)cc1)C(=O)N1CCC(Cn2cncn2)(C2CCCCC2)CC1. The van der Waals surface area contributed by atoms with Crippen LogP contribution in [0.2, 0.25) is 5.02 Å². The first-order valence-corrected chi connectivity index (χ1v) is 15.7. The zero-order valence-corrected chi connectivity index (χ0v) is 25.8. The molecule has 1 aliphatic heterocycles. The fraction of sp³-hybridized carbons (Fsp3) is 0.645. The second kappa shape index (κ2) is 15.5. The zero-order valence-electron chi connectivity index (χ0n) is 25.1. The molecule has 10 nitrogen and oxygen atoms in total. The summed E-state index contributed by atoms with van der Waals surface area (Å²) in [6.07, 6.45) is 12.3. The maximum Gasteiger partial charge on any atom is 0.245 e. The number of halogens is 1. The van der Waals surface area contributed by atoms with Crippen molar-refractivity contribution in [3.05, 3.63) is 47.5 Å². The third-order valence-corrected chi connectivity index (χ3v) is 9.18. The molecule has 2 aromatic rings. The van der Waals surface area contributed by atoms with Gasteiger partial charge in [-0.3, -0.25) is 19.1 Å². The summed E-state index contributed by atoms with van der Waals surface area (Å²) in [6, 6.07) is 6.69. The van der Waals surface area contributed by atoms with Crippen LogP contribution >= 0.6 is 11.6 Å².